The molecule has 0 saturated carbocycles. The molecule has 0 aromatic heterocycles. The second kappa shape index (κ2) is 20.3. The first kappa shape index (κ1) is 21.2. The van der Waals surface area contributed by atoms with Gasteiger partial charge in [-0.25, -0.2) is 0 Å². The maximum atomic E-state index is 2.75. The topological polar surface area (TPSA) is 15.3 Å². The van der Waals surface area contributed by atoms with Gasteiger partial charge in [-0.2, -0.15) is 0 Å². The van der Waals surface area contributed by atoms with Crippen molar-refractivity contribution < 1.29 is 0 Å². The van der Waals surface area contributed by atoms with Crippen LogP contribution in [-0.2, 0) is 0 Å². The van der Waals surface area contributed by atoms with E-state index in [1.165, 1.54) is 51.6 Å². The summed E-state index contributed by atoms with van der Waals surface area (Å²) in [5.74, 6) is 0. The van der Waals surface area contributed by atoms with E-state index in [-0.39, 0.29) is 7.43 Å². The zero-order valence-corrected chi connectivity index (χ0v) is 11.6. The molecule has 1 heterocycles. The molecule has 1 saturated heterocycles. The fourth-order valence-corrected chi connectivity index (χ4v) is 1.38. The van der Waals surface area contributed by atoms with E-state index in [2.05, 4.69) is 31.1 Å². The van der Waals surface area contributed by atoms with Crippen molar-refractivity contribution in [1.82, 2.24) is 10.2 Å². The Labute approximate surface area is 105 Å². The van der Waals surface area contributed by atoms with Crippen molar-refractivity contribution in [3.8, 4) is 0 Å². The predicted molar refractivity (Wildman–Crippen MR) is 78.3 cm³/mol. The summed E-state index contributed by atoms with van der Waals surface area (Å²) in [6.45, 7) is 7.10. The highest BCUT2D eigenvalue weighted by molar-refractivity contribution is 4.59. The Bertz CT molecular complexity index is 84.7. The van der Waals surface area contributed by atoms with Gasteiger partial charge in [-0.15, -0.1) is 0 Å². The van der Waals surface area contributed by atoms with E-state index in [4.69, 9.17) is 0 Å². The molecule has 0 unspecified atom stereocenters. The molecule has 0 radical (unpaired) electrons. The number of unbranched alkanes of at least 4 members (excludes halogenated alkanes) is 3. The van der Waals surface area contributed by atoms with Crippen molar-refractivity contribution >= 4 is 0 Å². The number of likely N-dealkylation sites (tertiary alicyclic amines) is 1. The summed E-state index contributed by atoms with van der Waals surface area (Å²) in [5, 5.41) is 2.75. The van der Waals surface area contributed by atoms with Crippen LogP contribution in [0.1, 0.15) is 59.8 Å². The normalized spacial score (nSPS) is 14.1. The highest BCUT2D eigenvalue weighted by atomic mass is 15.1. The fraction of sp³-hybridized carbons (Fsp3) is 1.00. The number of rotatable bonds is 3. The minimum atomic E-state index is 0. The Morgan fingerprint density at radius 3 is 1.38 bits per heavy atom. The molecular weight excluding hydrogens is 196 g/mol. The van der Waals surface area contributed by atoms with Gasteiger partial charge in [0.2, 0.25) is 0 Å². The van der Waals surface area contributed by atoms with E-state index in [0.717, 1.165) is 0 Å². The number of nitrogens with one attached hydrogen (secondary N) is 1. The lowest BCUT2D eigenvalue weighted by Gasteiger charge is -2.01. The maximum Gasteiger partial charge on any atom is -0.00213 e. The molecule has 16 heavy (non-hydrogen) atoms. The molecule has 2 nitrogen and oxygen atoms in total. The molecule has 1 rings (SSSR count). The van der Waals surface area contributed by atoms with Crippen molar-refractivity contribution in [2.24, 2.45) is 0 Å². The molecule has 0 aromatic carbocycles. The van der Waals surface area contributed by atoms with Crippen molar-refractivity contribution in [2.75, 3.05) is 34.2 Å². The molecule has 1 fully saturated rings. The monoisotopic (exact) mass is 232 g/mol. The summed E-state index contributed by atoms with van der Waals surface area (Å²) in [6, 6.07) is 0. The molecule has 1 N–H and O–H groups in total. The highest BCUT2D eigenvalue weighted by Crippen LogP contribution is 2.02. The van der Waals surface area contributed by atoms with Crippen LogP contribution in [-0.4, -0.2) is 39.1 Å². The van der Waals surface area contributed by atoms with Gasteiger partial charge in [0.1, 0.15) is 0 Å². The van der Waals surface area contributed by atoms with Crippen LogP contribution in [0.3, 0.4) is 0 Å². The number of nitrogens with zero attached hydrogens (tertiary/aromatic N) is 1. The minimum Gasteiger partial charge on any atom is -0.323 e. The van der Waals surface area contributed by atoms with Gasteiger partial charge in [0, 0.05) is 0 Å². The Balaban J connectivity index is -0.000000163. The molecule has 0 aliphatic carbocycles. The zero-order valence-electron chi connectivity index (χ0n) is 11.6. The first-order chi connectivity index (χ1) is 7.22. The van der Waals surface area contributed by atoms with Gasteiger partial charge < -0.3 is 10.2 Å². The van der Waals surface area contributed by atoms with Gasteiger partial charge in [-0.3, -0.25) is 0 Å². The third-order valence-electron chi connectivity index (χ3n) is 2.29. The largest absolute Gasteiger partial charge is 0.323 e. The van der Waals surface area contributed by atoms with Crippen LogP contribution in [0.2, 0.25) is 0 Å². The van der Waals surface area contributed by atoms with Crippen LogP contribution < -0.4 is 5.32 Å². The van der Waals surface area contributed by atoms with Gasteiger partial charge in [-0.05, 0) is 47.1 Å². The Morgan fingerprint density at radius 2 is 1.25 bits per heavy atom. The third kappa shape index (κ3) is 23.6. The van der Waals surface area contributed by atoms with Crippen molar-refractivity contribution in [1.29, 1.82) is 0 Å². The van der Waals surface area contributed by atoms with Crippen LogP contribution in [0, 0.1) is 0 Å². The molecule has 0 aromatic rings. The van der Waals surface area contributed by atoms with Crippen molar-refractivity contribution in [2.45, 2.75) is 59.8 Å². The first-order valence-corrected chi connectivity index (χ1v) is 6.49. The summed E-state index contributed by atoms with van der Waals surface area (Å²) in [5.41, 5.74) is 0. The molecule has 0 amide bonds. The first-order valence-electron chi connectivity index (χ1n) is 6.49. The van der Waals surface area contributed by atoms with E-state index in [0.29, 0.717) is 0 Å². The smallest absolute Gasteiger partial charge is 0.00213 e. The highest BCUT2D eigenvalue weighted by Gasteiger charge is 2.03. The summed E-state index contributed by atoms with van der Waals surface area (Å²) >= 11 is 0. The van der Waals surface area contributed by atoms with E-state index < -0.39 is 0 Å². The standard InChI is InChI=1S/C6H14.C5H11N.C2H7N.CH4/c1-3-5-6-4-2;1-6-4-2-3-5-6;1-3-2;/h3-6H2,1-2H3;2-5H2,1H3;3H,1-2H3;1H4. The predicted octanol–water partition coefficient (Wildman–Crippen LogP) is 3.77. The lowest BCUT2D eigenvalue weighted by Crippen LogP contribution is -2.10. The van der Waals surface area contributed by atoms with Crippen LogP contribution in [0.15, 0.2) is 0 Å². The molecular formula is C14H36N2. The van der Waals surface area contributed by atoms with E-state index in [1.54, 1.807) is 0 Å². The maximum absolute atomic E-state index is 2.75. The Kier molecular flexibility index (Phi) is 27.0. The van der Waals surface area contributed by atoms with Gasteiger partial charge in [0.15, 0.2) is 0 Å². The second-order valence-corrected chi connectivity index (χ2v) is 4.22. The minimum absolute atomic E-state index is 0. The number of hydrogen-bond acceptors (Lipinski definition) is 2. The third-order valence-corrected chi connectivity index (χ3v) is 2.29. The van der Waals surface area contributed by atoms with Gasteiger partial charge in [0.05, 0.1) is 0 Å². The van der Waals surface area contributed by atoms with Crippen molar-refractivity contribution in [3.63, 3.8) is 0 Å². The molecule has 0 spiro atoms. The van der Waals surface area contributed by atoms with Crippen LogP contribution >= 0.6 is 0 Å². The quantitative estimate of drug-likeness (QED) is 0.745. The SMILES string of the molecule is C.CCCCCC.CN1CCCC1.CNC. The second-order valence-electron chi connectivity index (χ2n) is 4.22. The van der Waals surface area contributed by atoms with Crippen LogP contribution in [0.25, 0.3) is 0 Å². The summed E-state index contributed by atoms with van der Waals surface area (Å²) in [4.78, 5) is 2.36. The average molecular weight is 232 g/mol. The molecule has 0 atom stereocenters. The summed E-state index contributed by atoms with van der Waals surface area (Å²) in [7, 11) is 5.92. The fourth-order valence-electron chi connectivity index (χ4n) is 1.38. The summed E-state index contributed by atoms with van der Waals surface area (Å²) in [6.07, 6.45) is 8.36. The van der Waals surface area contributed by atoms with Gasteiger partial charge in [-0.1, -0.05) is 47.0 Å². The Morgan fingerprint density at radius 1 is 0.938 bits per heavy atom. The molecule has 0 bridgehead atoms. The lowest BCUT2D eigenvalue weighted by molar-refractivity contribution is 0.418. The van der Waals surface area contributed by atoms with E-state index in [1.807, 2.05) is 14.1 Å². The summed E-state index contributed by atoms with van der Waals surface area (Å²) < 4.78 is 0. The van der Waals surface area contributed by atoms with E-state index >= 15 is 0 Å². The van der Waals surface area contributed by atoms with E-state index in [9.17, 15) is 0 Å². The molecule has 1 aliphatic heterocycles. The lowest BCUT2D eigenvalue weighted by atomic mass is 10.2. The number of hydrogen-bond donors (Lipinski definition) is 1. The molecule has 1 aliphatic rings. The average Bonchev–Trinajstić information content (AvgIpc) is 2.68. The van der Waals surface area contributed by atoms with Gasteiger partial charge in [0.25, 0.3) is 0 Å². The van der Waals surface area contributed by atoms with Crippen LogP contribution in [0.4, 0.5) is 0 Å². The van der Waals surface area contributed by atoms with Crippen molar-refractivity contribution in [3.05, 3.63) is 0 Å². The molecule has 102 valence electrons. The zero-order chi connectivity index (χ0) is 11.9. The Hall–Kier alpha value is -0.0800. The van der Waals surface area contributed by atoms with Gasteiger partial charge >= 0.3 is 0 Å². The molecule has 2 heteroatoms. The van der Waals surface area contributed by atoms with Crippen LogP contribution in [0.5, 0.6) is 0 Å².